The van der Waals surface area contributed by atoms with E-state index in [2.05, 4.69) is 4.98 Å². The summed E-state index contributed by atoms with van der Waals surface area (Å²) in [6.45, 7) is 5.92. The standard InChI is InChI=1S/C11H15NO2/c1-4-14-11(13)9(3)10-7-5-6-8(2)12-10/h5-7,9H,4H2,1-3H3. The lowest BCUT2D eigenvalue weighted by Gasteiger charge is -2.09. The fraction of sp³-hybridized carbons (Fsp3) is 0.455. The summed E-state index contributed by atoms with van der Waals surface area (Å²) in [7, 11) is 0. The fourth-order valence-electron chi connectivity index (χ4n) is 1.19. The van der Waals surface area contributed by atoms with E-state index in [-0.39, 0.29) is 11.9 Å². The van der Waals surface area contributed by atoms with E-state index in [0.717, 1.165) is 11.4 Å². The Bertz CT molecular complexity index is 323. The molecule has 0 amide bonds. The van der Waals surface area contributed by atoms with Crippen LogP contribution in [0.15, 0.2) is 18.2 Å². The van der Waals surface area contributed by atoms with Crippen molar-refractivity contribution in [1.29, 1.82) is 0 Å². The van der Waals surface area contributed by atoms with Crippen LogP contribution in [0.2, 0.25) is 0 Å². The molecule has 1 heterocycles. The normalized spacial score (nSPS) is 12.2. The number of aryl methyl sites for hydroxylation is 1. The largest absolute Gasteiger partial charge is 0.465 e. The van der Waals surface area contributed by atoms with Gasteiger partial charge in [-0.25, -0.2) is 0 Å². The molecule has 1 aromatic heterocycles. The van der Waals surface area contributed by atoms with E-state index in [9.17, 15) is 4.79 Å². The molecule has 0 aliphatic heterocycles. The smallest absolute Gasteiger partial charge is 0.314 e. The van der Waals surface area contributed by atoms with Crippen LogP contribution < -0.4 is 0 Å². The first-order chi connectivity index (χ1) is 6.65. The zero-order valence-electron chi connectivity index (χ0n) is 8.78. The van der Waals surface area contributed by atoms with Gasteiger partial charge in [-0.05, 0) is 32.9 Å². The van der Waals surface area contributed by atoms with Gasteiger partial charge in [0.15, 0.2) is 0 Å². The van der Waals surface area contributed by atoms with Gasteiger partial charge >= 0.3 is 5.97 Å². The Morgan fingerprint density at radius 2 is 2.29 bits per heavy atom. The number of esters is 1. The van der Waals surface area contributed by atoms with E-state index in [1.165, 1.54) is 0 Å². The van der Waals surface area contributed by atoms with E-state index >= 15 is 0 Å². The number of carbonyl (C=O) groups excluding carboxylic acids is 1. The number of hydrogen-bond acceptors (Lipinski definition) is 3. The van der Waals surface area contributed by atoms with Crippen molar-refractivity contribution in [1.82, 2.24) is 4.98 Å². The van der Waals surface area contributed by atoms with Crippen molar-refractivity contribution in [2.75, 3.05) is 6.61 Å². The molecule has 1 aromatic rings. The van der Waals surface area contributed by atoms with Gasteiger partial charge in [0, 0.05) is 5.69 Å². The Hall–Kier alpha value is -1.38. The molecular weight excluding hydrogens is 178 g/mol. The van der Waals surface area contributed by atoms with Gasteiger partial charge in [-0.15, -0.1) is 0 Å². The predicted octanol–water partition coefficient (Wildman–Crippen LogP) is 2.06. The average Bonchev–Trinajstić information content (AvgIpc) is 2.17. The maximum absolute atomic E-state index is 11.4. The van der Waals surface area contributed by atoms with Gasteiger partial charge in [0.2, 0.25) is 0 Å². The first-order valence-corrected chi connectivity index (χ1v) is 4.75. The Morgan fingerprint density at radius 3 is 2.86 bits per heavy atom. The van der Waals surface area contributed by atoms with Crippen molar-refractivity contribution >= 4 is 5.97 Å². The third kappa shape index (κ3) is 2.55. The highest BCUT2D eigenvalue weighted by Crippen LogP contribution is 2.14. The Labute approximate surface area is 84.1 Å². The summed E-state index contributed by atoms with van der Waals surface area (Å²) >= 11 is 0. The van der Waals surface area contributed by atoms with Crippen LogP contribution in [0.4, 0.5) is 0 Å². The second-order valence-electron chi connectivity index (χ2n) is 3.18. The highest BCUT2D eigenvalue weighted by molar-refractivity contribution is 5.76. The van der Waals surface area contributed by atoms with Gasteiger partial charge in [-0.2, -0.15) is 0 Å². The molecule has 0 spiro atoms. The Morgan fingerprint density at radius 1 is 1.57 bits per heavy atom. The number of pyridine rings is 1. The lowest BCUT2D eigenvalue weighted by Crippen LogP contribution is -2.14. The minimum Gasteiger partial charge on any atom is -0.465 e. The van der Waals surface area contributed by atoms with Crippen LogP contribution in [0.3, 0.4) is 0 Å². The Kier molecular flexibility index (Phi) is 3.63. The van der Waals surface area contributed by atoms with Crippen LogP contribution in [-0.2, 0) is 9.53 Å². The predicted molar refractivity (Wildman–Crippen MR) is 54.0 cm³/mol. The molecule has 3 heteroatoms. The summed E-state index contributed by atoms with van der Waals surface area (Å²) < 4.78 is 4.92. The molecule has 0 bridgehead atoms. The third-order valence-electron chi connectivity index (χ3n) is 1.99. The maximum atomic E-state index is 11.4. The fourth-order valence-corrected chi connectivity index (χ4v) is 1.19. The summed E-state index contributed by atoms with van der Waals surface area (Å²) in [5, 5.41) is 0. The van der Waals surface area contributed by atoms with Gasteiger partial charge in [-0.3, -0.25) is 9.78 Å². The number of nitrogens with zero attached hydrogens (tertiary/aromatic N) is 1. The molecule has 0 saturated carbocycles. The summed E-state index contributed by atoms with van der Waals surface area (Å²) in [5.41, 5.74) is 1.68. The number of ether oxygens (including phenoxy) is 1. The molecule has 3 nitrogen and oxygen atoms in total. The van der Waals surface area contributed by atoms with Gasteiger partial charge in [-0.1, -0.05) is 6.07 Å². The van der Waals surface area contributed by atoms with Gasteiger partial charge in [0.25, 0.3) is 0 Å². The summed E-state index contributed by atoms with van der Waals surface area (Å²) in [6.07, 6.45) is 0. The average molecular weight is 193 g/mol. The topological polar surface area (TPSA) is 39.2 Å². The number of rotatable bonds is 3. The van der Waals surface area contributed by atoms with E-state index in [1.807, 2.05) is 25.1 Å². The molecule has 0 fully saturated rings. The minimum atomic E-state index is -0.283. The highest BCUT2D eigenvalue weighted by Gasteiger charge is 2.17. The van der Waals surface area contributed by atoms with Crippen LogP contribution in [0, 0.1) is 6.92 Å². The molecule has 0 aromatic carbocycles. The van der Waals surface area contributed by atoms with Crippen molar-refractivity contribution in [2.45, 2.75) is 26.7 Å². The molecule has 1 unspecified atom stereocenters. The first kappa shape index (κ1) is 10.7. The third-order valence-corrected chi connectivity index (χ3v) is 1.99. The van der Waals surface area contributed by atoms with Crippen molar-refractivity contribution in [3.8, 4) is 0 Å². The summed E-state index contributed by atoms with van der Waals surface area (Å²) in [5.74, 6) is -0.500. The molecule has 14 heavy (non-hydrogen) atoms. The first-order valence-electron chi connectivity index (χ1n) is 4.75. The SMILES string of the molecule is CCOC(=O)C(C)c1cccc(C)n1. The molecule has 1 atom stereocenters. The molecule has 0 aliphatic rings. The minimum absolute atomic E-state index is 0.217. The molecule has 0 N–H and O–H groups in total. The van der Waals surface area contributed by atoms with Crippen molar-refractivity contribution < 1.29 is 9.53 Å². The lowest BCUT2D eigenvalue weighted by atomic mass is 10.1. The number of carbonyl (C=O) groups is 1. The van der Waals surface area contributed by atoms with Gasteiger partial charge in [0.05, 0.1) is 18.2 Å². The second-order valence-corrected chi connectivity index (χ2v) is 3.18. The summed E-state index contributed by atoms with van der Waals surface area (Å²) in [4.78, 5) is 15.7. The van der Waals surface area contributed by atoms with E-state index in [1.54, 1.807) is 13.8 Å². The van der Waals surface area contributed by atoms with Crippen LogP contribution >= 0.6 is 0 Å². The maximum Gasteiger partial charge on any atom is 0.314 e. The highest BCUT2D eigenvalue weighted by atomic mass is 16.5. The second kappa shape index (κ2) is 4.74. The van der Waals surface area contributed by atoms with Crippen LogP contribution in [0.1, 0.15) is 31.2 Å². The number of hydrogen-bond donors (Lipinski definition) is 0. The molecule has 0 aliphatic carbocycles. The van der Waals surface area contributed by atoms with Crippen molar-refractivity contribution in [2.24, 2.45) is 0 Å². The quantitative estimate of drug-likeness (QED) is 0.690. The zero-order valence-corrected chi connectivity index (χ0v) is 8.78. The zero-order chi connectivity index (χ0) is 10.6. The van der Waals surface area contributed by atoms with Gasteiger partial charge < -0.3 is 4.74 Å². The van der Waals surface area contributed by atoms with Crippen LogP contribution in [0.5, 0.6) is 0 Å². The lowest BCUT2D eigenvalue weighted by molar-refractivity contribution is -0.144. The van der Waals surface area contributed by atoms with E-state index in [0.29, 0.717) is 6.61 Å². The molecule has 1 rings (SSSR count). The van der Waals surface area contributed by atoms with E-state index in [4.69, 9.17) is 4.74 Å². The molecule has 0 radical (unpaired) electrons. The van der Waals surface area contributed by atoms with E-state index < -0.39 is 0 Å². The molecular formula is C11H15NO2. The monoisotopic (exact) mass is 193 g/mol. The van der Waals surface area contributed by atoms with Crippen LogP contribution in [-0.4, -0.2) is 17.6 Å². The Balaban J connectivity index is 2.78. The number of aromatic nitrogens is 1. The molecule has 0 saturated heterocycles. The van der Waals surface area contributed by atoms with Crippen molar-refractivity contribution in [3.05, 3.63) is 29.6 Å². The summed E-state index contributed by atoms with van der Waals surface area (Å²) in [6, 6.07) is 5.64. The van der Waals surface area contributed by atoms with Crippen LogP contribution in [0.25, 0.3) is 0 Å². The molecule has 76 valence electrons. The van der Waals surface area contributed by atoms with Crippen molar-refractivity contribution in [3.63, 3.8) is 0 Å². The van der Waals surface area contributed by atoms with Gasteiger partial charge in [0.1, 0.15) is 0 Å².